The number of nitrogens with zero attached hydrogens (tertiary/aromatic N) is 1. The second-order valence-corrected chi connectivity index (χ2v) is 5.91. The number of likely N-dealkylation sites (tertiary alicyclic amines) is 1. The summed E-state index contributed by atoms with van der Waals surface area (Å²) in [6.45, 7) is 5.84. The van der Waals surface area contributed by atoms with Crippen molar-refractivity contribution < 1.29 is 4.74 Å². The monoisotopic (exact) mass is 326 g/mol. The molecule has 1 N–H and O–H groups in total. The fourth-order valence-electron chi connectivity index (χ4n) is 2.60. The Morgan fingerprint density at radius 2 is 2.21 bits per heavy atom. The van der Waals surface area contributed by atoms with Gasteiger partial charge in [-0.3, -0.25) is 0 Å². The van der Waals surface area contributed by atoms with Crippen LogP contribution in [0.3, 0.4) is 0 Å². The van der Waals surface area contributed by atoms with Crippen molar-refractivity contribution in [3.05, 3.63) is 22.7 Å². The zero-order valence-electron chi connectivity index (χ0n) is 11.8. The van der Waals surface area contributed by atoms with Crippen molar-refractivity contribution in [2.45, 2.75) is 32.2 Å². The van der Waals surface area contributed by atoms with Crippen LogP contribution < -0.4 is 10.1 Å². The molecule has 0 saturated carbocycles. The molecule has 1 saturated heterocycles. The van der Waals surface area contributed by atoms with E-state index in [4.69, 9.17) is 4.74 Å². The average molecular weight is 327 g/mol. The molecule has 0 bridgehead atoms. The highest BCUT2D eigenvalue weighted by atomic mass is 79.9. The van der Waals surface area contributed by atoms with E-state index in [1.54, 1.807) is 7.11 Å². The summed E-state index contributed by atoms with van der Waals surface area (Å²) in [7, 11) is 1.70. The normalized spacial score (nSPS) is 20.9. The van der Waals surface area contributed by atoms with E-state index in [1.165, 1.54) is 38.9 Å². The molecule has 1 heterocycles. The van der Waals surface area contributed by atoms with Gasteiger partial charge in [0.2, 0.25) is 0 Å². The van der Waals surface area contributed by atoms with Crippen molar-refractivity contribution in [3.63, 3.8) is 0 Å². The molecule has 4 heteroatoms. The Kier molecular flexibility index (Phi) is 5.52. The number of methoxy groups -OCH3 is 1. The molecule has 0 radical (unpaired) electrons. The second kappa shape index (κ2) is 7.15. The molecule has 0 aromatic heterocycles. The van der Waals surface area contributed by atoms with Crippen LogP contribution in [0.5, 0.6) is 5.75 Å². The Balaban J connectivity index is 1.97. The minimum Gasteiger partial charge on any atom is -0.495 e. The molecule has 1 aliphatic heterocycles. The van der Waals surface area contributed by atoms with Crippen LogP contribution in [0.15, 0.2) is 22.7 Å². The van der Waals surface area contributed by atoms with Gasteiger partial charge in [-0.15, -0.1) is 0 Å². The lowest BCUT2D eigenvalue weighted by molar-refractivity contribution is 0.300. The summed E-state index contributed by atoms with van der Waals surface area (Å²) < 4.78 is 6.34. The number of hydrogen-bond donors (Lipinski definition) is 1. The molecular weight excluding hydrogens is 304 g/mol. The maximum absolute atomic E-state index is 5.34. The number of rotatable bonds is 4. The van der Waals surface area contributed by atoms with E-state index in [0.29, 0.717) is 6.04 Å². The first-order valence-corrected chi connectivity index (χ1v) is 7.84. The molecule has 1 unspecified atom stereocenters. The van der Waals surface area contributed by atoms with Gasteiger partial charge in [0.05, 0.1) is 11.6 Å². The van der Waals surface area contributed by atoms with E-state index >= 15 is 0 Å². The minimum atomic E-state index is 0.572. The molecule has 1 fully saturated rings. The SMILES string of the molecule is CCN1CCCC(Nc2ccc(Br)c(OC)c2)CC1. The van der Waals surface area contributed by atoms with E-state index in [9.17, 15) is 0 Å². The largest absolute Gasteiger partial charge is 0.495 e. The van der Waals surface area contributed by atoms with E-state index in [-0.39, 0.29) is 0 Å². The predicted octanol–water partition coefficient (Wildman–Crippen LogP) is 3.74. The first kappa shape index (κ1) is 14.7. The highest BCUT2D eigenvalue weighted by molar-refractivity contribution is 9.10. The topological polar surface area (TPSA) is 24.5 Å². The fourth-order valence-corrected chi connectivity index (χ4v) is 3.01. The van der Waals surface area contributed by atoms with Crippen molar-refractivity contribution >= 4 is 21.6 Å². The predicted molar refractivity (Wildman–Crippen MR) is 84.1 cm³/mol. The van der Waals surface area contributed by atoms with Gasteiger partial charge in [0.15, 0.2) is 0 Å². The van der Waals surface area contributed by atoms with Gasteiger partial charge in [0.25, 0.3) is 0 Å². The summed E-state index contributed by atoms with van der Waals surface area (Å²) in [5, 5.41) is 3.64. The Morgan fingerprint density at radius 1 is 1.37 bits per heavy atom. The third-order valence-electron chi connectivity index (χ3n) is 3.79. The highest BCUT2D eigenvalue weighted by Gasteiger charge is 2.16. The standard InChI is InChI=1S/C15H23BrN2O/c1-3-18-9-4-5-12(8-10-18)17-13-6-7-14(16)15(11-13)19-2/h6-7,11-12,17H,3-5,8-10H2,1-2H3. The lowest BCUT2D eigenvalue weighted by Gasteiger charge is -2.19. The minimum absolute atomic E-state index is 0.572. The average Bonchev–Trinajstić information content (AvgIpc) is 2.66. The summed E-state index contributed by atoms with van der Waals surface area (Å²) in [5.41, 5.74) is 1.15. The van der Waals surface area contributed by atoms with Gasteiger partial charge >= 0.3 is 0 Å². The van der Waals surface area contributed by atoms with E-state index in [2.05, 4.69) is 45.2 Å². The smallest absolute Gasteiger partial charge is 0.135 e. The molecule has 3 nitrogen and oxygen atoms in total. The summed E-state index contributed by atoms with van der Waals surface area (Å²) in [5.74, 6) is 0.883. The van der Waals surface area contributed by atoms with Crippen LogP contribution >= 0.6 is 15.9 Å². The summed E-state index contributed by atoms with van der Waals surface area (Å²) in [6.07, 6.45) is 3.74. The lowest BCUT2D eigenvalue weighted by Crippen LogP contribution is -2.26. The van der Waals surface area contributed by atoms with Crippen molar-refractivity contribution in [1.29, 1.82) is 0 Å². The lowest BCUT2D eigenvalue weighted by atomic mass is 10.1. The zero-order chi connectivity index (χ0) is 13.7. The molecule has 1 aromatic carbocycles. The maximum atomic E-state index is 5.34. The van der Waals surface area contributed by atoms with Crippen LogP contribution in [0.4, 0.5) is 5.69 Å². The molecule has 19 heavy (non-hydrogen) atoms. The molecule has 0 aliphatic carbocycles. The molecule has 1 aromatic rings. The van der Waals surface area contributed by atoms with Gasteiger partial charge in [-0.25, -0.2) is 0 Å². The zero-order valence-corrected chi connectivity index (χ0v) is 13.4. The van der Waals surface area contributed by atoms with Crippen LogP contribution in [0, 0.1) is 0 Å². The number of nitrogens with one attached hydrogen (secondary N) is 1. The molecule has 1 atom stereocenters. The first-order chi connectivity index (χ1) is 9.22. The Bertz CT molecular complexity index is 411. The number of hydrogen-bond acceptors (Lipinski definition) is 3. The fraction of sp³-hybridized carbons (Fsp3) is 0.600. The van der Waals surface area contributed by atoms with Crippen molar-refractivity contribution in [2.75, 3.05) is 32.1 Å². The number of halogens is 1. The van der Waals surface area contributed by atoms with E-state index in [0.717, 1.165) is 15.9 Å². The van der Waals surface area contributed by atoms with Gasteiger partial charge in [-0.1, -0.05) is 6.92 Å². The van der Waals surface area contributed by atoms with Crippen molar-refractivity contribution in [3.8, 4) is 5.75 Å². The molecule has 2 rings (SSSR count). The number of ether oxygens (including phenoxy) is 1. The maximum Gasteiger partial charge on any atom is 0.135 e. The first-order valence-electron chi connectivity index (χ1n) is 7.05. The third kappa shape index (κ3) is 4.11. The Labute approximate surface area is 124 Å². The molecule has 0 spiro atoms. The van der Waals surface area contributed by atoms with Crippen LogP contribution in [-0.2, 0) is 0 Å². The highest BCUT2D eigenvalue weighted by Crippen LogP contribution is 2.28. The van der Waals surface area contributed by atoms with E-state index in [1.807, 2.05) is 6.07 Å². The molecular formula is C15H23BrN2O. The van der Waals surface area contributed by atoms with Crippen LogP contribution in [0.25, 0.3) is 0 Å². The van der Waals surface area contributed by atoms with Crippen LogP contribution in [0.2, 0.25) is 0 Å². The second-order valence-electron chi connectivity index (χ2n) is 5.06. The van der Waals surface area contributed by atoms with Gasteiger partial charge in [-0.2, -0.15) is 0 Å². The number of benzene rings is 1. The van der Waals surface area contributed by atoms with Crippen LogP contribution in [0.1, 0.15) is 26.2 Å². The Morgan fingerprint density at radius 3 is 2.95 bits per heavy atom. The van der Waals surface area contributed by atoms with Gasteiger partial charge < -0.3 is 15.0 Å². The van der Waals surface area contributed by atoms with Gasteiger partial charge in [-0.05, 0) is 60.4 Å². The van der Waals surface area contributed by atoms with Crippen LogP contribution in [-0.4, -0.2) is 37.7 Å². The number of anilines is 1. The summed E-state index contributed by atoms with van der Waals surface area (Å²) in [4.78, 5) is 2.53. The summed E-state index contributed by atoms with van der Waals surface area (Å²) in [6, 6.07) is 6.78. The van der Waals surface area contributed by atoms with E-state index < -0.39 is 0 Å². The molecule has 1 aliphatic rings. The van der Waals surface area contributed by atoms with Gasteiger partial charge in [0, 0.05) is 24.3 Å². The van der Waals surface area contributed by atoms with Crippen molar-refractivity contribution in [1.82, 2.24) is 4.90 Å². The van der Waals surface area contributed by atoms with Gasteiger partial charge in [0.1, 0.15) is 5.75 Å². The summed E-state index contributed by atoms with van der Waals surface area (Å²) >= 11 is 3.49. The third-order valence-corrected chi connectivity index (χ3v) is 4.44. The molecule has 106 valence electrons. The quantitative estimate of drug-likeness (QED) is 0.912. The Hall–Kier alpha value is -0.740. The molecule has 0 amide bonds. The van der Waals surface area contributed by atoms with Crippen molar-refractivity contribution in [2.24, 2.45) is 0 Å².